The lowest BCUT2D eigenvalue weighted by molar-refractivity contribution is 0.0737. The predicted octanol–water partition coefficient (Wildman–Crippen LogP) is 4.88. The summed E-state index contributed by atoms with van der Waals surface area (Å²) in [5.41, 5.74) is 5.17. The van der Waals surface area contributed by atoms with Gasteiger partial charge in [-0.2, -0.15) is 0 Å². The average molecular weight is 467 g/mol. The van der Waals surface area contributed by atoms with Gasteiger partial charge in [0.1, 0.15) is 0 Å². The molecule has 0 radical (unpaired) electrons. The molecule has 0 saturated carbocycles. The van der Waals surface area contributed by atoms with Gasteiger partial charge >= 0.3 is 0 Å². The highest BCUT2D eigenvalue weighted by atomic mass is 16.5. The van der Waals surface area contributed by atoms with Gasteiger partial charge in [-0.3, -0.25) is 14.8 Å². The zero-order valence-corrected chi connectivity index (χ0v) is 20.0. The number of carbonyl (C=O) groups excluding carboxylic acids is 1. The SMILES string of the molecule is Cc1ccc(C(=O)N2CCOCC(Cc3ccc4ccncc4c3)C2)cc1NCc1ccncc1. The molecule has 1 fully saturated rings. The number of amides is 1. The van der Waals surface area contributed by atoms with Crippen molar-refractivity contribution in [1.29, 1.82) is 0 Å². The molecule has 3 heterocycles. The molecule has 6 nitrogen and oxygen atoms in total. The molecule has 0 bridgehead atoms. The minimum absolute atomic E-state index is 0.0511. The normalized spacial score (nSPS) is 16.1. The zero-order chi connectivity index (χ0) is 24.0. The highest BCUT2D eigenvalue weighted by Gasteiger charge is 2.24. The van der Waals surface area contributed by atoms with Crippen LogP contribution in [-0.2, 0) is 17.7 Å². The van der Waals surface area contributed by atoms with Gasteiger partial charge < -0.3 is 15.0 Å². The maximum atomic E-state index is 13.5. The predicted molar refractivity (Wildman–Crippen MR) is 138 cm³/mol. The van der Waals surface area contributed by atoms with E-state index in [1.165, 1.54) is 10.9 Å². The van der Waals surface area contributed by atoms with Crippen LogP contribution >= 0.6 is 0 Å². The number of fused-ring (bicyclic) bond motifs is 1. The van der Waals surface area contributed by atoms with Crippen molar-refractivity contribution in [3.05, 3.63) is 102 Å². The molecule has 1 amide bonds. The molecule has 1 aliphatic rings. The minimum atomic E-state index is 0.0511. The lowest BCUT2D eigenvalue weighted by atomic mass is 9.97. The summed E-state index contributed by atoms with van der Waals surface area (Å²) in [6.45, 7) is 5.23. The number of hydrogen-bond acceptors (Lipinski definition) is 5. The molecule has 2 aromatic carbocycles. The number of rotatable bonds is 6. The lowest BCUT2D eigenvalue weighted by Gasteiger charge is -2.24. The molecule has 178 valence electrons. The van der Waals surface area contributed by atoms with Crippen molar-refractivity contribution in [3.8, 4) is 0 Å². The first-order valence-corrected chi connectivity index (χ1v) is 12.1. The number of hydrogen-bond donors (Lipinski definition) is 1. The van der Waals surface area contributed by atoms with E-state index < -0.39 is 0 Å². The molecular weight excluding hydrogens is 436 g/mol. The van der Waals surface area contributed by atoms with E-state index >= 15 is 0 Å². The molecule has 0 spiro atoms. The topological polar surface area (TPSA) is 67.4 Å². The molecule has 1 unspecified atom stereocenters. The minimum Gasteiger partial charge on any atom is -0.381 e. The van der Waals surface area contributed by atoms with Crippen molar-refractivity contribution in [2.45, 2.75) is 19.9 Å². The Morgan fingerprint density at radius 3 is 2.74 bits per heavy atom. The summed E-state index contributed by atoms with van der Waals surface area (Å²) in [7, 11) is 0. The van der Waals surface area contributed by atoms with Crippen molar-refractivity contribution in [2.75, 3.05) is 31.6 Å². The molecule has 1 atom stereocenters. The molecular formula is C29H30N4O2. The quantitative estimate of drug-likeness (QED) is 0.439. The van der Waals surface area contributed by atoms with Crippen molar-refractivity contribution in [3.63, 3.8) is 0 Å². The number of carbonyl (C=O) groups is 1. The van der Waals surface area contributed by atoms with Crippen LogP contribution in [0.3, 0.4) is 0 Å². The van der Waals surface area contributed by atoms with Gasteiger partial charge in [-0.1, -0.05) is 18.2 Å². The fourth-order valence-electron chi connectivity index (χ4n) is 4.61. The molecule has 1 N–H and O–H groups in total. The van der Waals surface area contributed by atoms with E-state index in [0.717, 1.165) is 28.6 Å². The summed E-state index contributed by atoms with van der Waals surface area (Å²) < 4.78 is 5.89. The molecule has 4 aromatic rings. The second kappa shape index (κ2) is 10.7. The van der Waals surface area contributed by atoms with E-state index in [-0.39, 0.29) is 11.8 Å². The largest absolute Gasteiger partial charge is 0.381 e. The third-order valence-electron chi connectivity index (χ3n) is 6.57. The number of nitrogens with one attached hydrogen (secondary N) is 1. The smallest absolute Gasteiger partial charge is 0.254 e. The summed E-state index contributed by atoms with van der Waals surface area (Å²) in [6, 6.07) is 18.4. The Balaban J connectivity index is 1.28. The van der Waals surface area contributed by atoms with Gasteiger partial charge in [0.05, 0.1) is 13.2 Å². The number of pyridine rings is 2. The highest BCUT2D eigenvalue weighted by Crippen LogP contribution is 2.22. The van der Waals surface area contributed by atoms with Gasteiger partial charge in [0.25, 0.3) is 5.91 Å². The van der Waals surface area contributed by atoms with Gasteiger partial charge in [-0.25, -0.2) is 0 Å². The first-order valence-electron chi connectivity index (χ1n) is 12.1. The average Bonchev–Trinajstić information content (AvgIpc) is 3.14. The summed E-state index contributed by atoms with van der Waals surface area (Å²) in [6.07, 6.45) is 8.15. The number of aromatic nitrogens is 2. The van der Waals surface area contributed by atoms with E-state index in [9.17, 15) is 4.79 Å². The Bertz CT molecular complexity index is 1310. The molecule has 1 saturated heterocycles. The number of aryl methyl sites for hydroxylation is 1. The van der Waals surface area contributed by atoms with E-state index in [1.54, 1.807) is 12.4 Å². The second-order valence-electron chi connectivity index (χ2n) is 9.19. The first kappa shape index (κ1) is 23.0. The molecule has 1 aliphatic heterocycles. The van der Waals surface area contributed by atoms with Crippen LogP contribution in [0.25, 0.3) is 10.8 Å². The van der Waals surface area contributed by atoms with Crippen LogP contribution < -0.4 is 5.32 Å². The van der Waals surface area contributed by atoms with E-state index in [2.05, 4.69) is 40.4 Å². The van der Waals surface area contributed by atoms with Crippen molar-refractivity contribution in [1.82, 2.24) is 14.9 Å². The number of nitrogens with zero attached hydrogens (tertiary/aromatic N) is 3. The molecule has 5 rings (SSSR count). The van der Waals surface area contributed by atoms with Crippen molar-refractivity contribution < 1.29 is 9.53 Å². The fourth-order valence-corrected chi connectivity index (χ4v) is 4.61. The zero-order valence-electron chi connectivity index (χ0n) is 20.0. The third-order valence-corrected chi connectivity index (χ3v) is 6.57. The van der Waals surface area contributed by atoms with E-state index in [0.29, 0.717) is 38.4 Å². The van der Waals surface area contributed by atoms with Gasteiger partial charge in [-0.15, -0.1) is 0 Å². The molecule has 35 heavy (non-hydrogen) atoms. The Kier molecular flexibility index (Phi) is 7.00. The van der Waals surface area contributed by atoms with Crippen molar-refractivity contribution >= 4 is 22.4 Å². The second-order valence-corrected chi connectivity index (χ2v) is 9.19. The van der Waals surface area contributed by atoms with Gasteiger partial charge in [0.2, 0.25) is 0 Å². The number of benzene rings is 2. The molecule has 2 aromatic heterocycles. The standard InChI is InChI=1S/C29H30N4O2/c1-21-2-4-26(16-28(21)32-17-22-6-9-30-10-7-22)29(34)33-12-13-35-20-24(19-33)14-23-3-5-25-8-11-31-18-27(25)15-23/h2-11,15-16,18,24,32H,12-14,17,19-20H2,1H3. The Morgan fingerprint density at radius 2 is 1.86 bits per heavy atom. The van der Waals surface area contributed by atoms with Crippen LogP contribution in [0.15, 0.2) is 79.4 Å². The van der Waals surface area contributed by atoms with Gasteiger partial charge in [-0.05, 0) is 71.8 Å². The summed E-state index contributed by atoms with van der Waals surface area (Å²) in [5.74, 6) is 0.292. The van der Waals surface area contributed by atoms with Crippen LogP contribution in [0.1, 0.15) is 27.0 Å². The van der Waals surface area contributed by atoms with E-state index in [1.807, 2.05) is 53.7 Å². The van der Waals surface area contributed by atoms with Crippen molar-refractivity contribution in [2.24, 2.45) is 5.92 Å². The monoisotopic (exact) mass is 466 g/mol. The molecule has 0 aliphatic carbocycles. The summed E-state index contributed by atoms with van der Waals surface area (Å²) >= 11 is 0. The maximum Gasteiger partial charge on any atom is 0.254 e. The van der Waals surface area contributed by atoms with Crippen LogP contribution in [0.5, 0.6) is 0 Å². The van der Waals surface area contributed by atoms with Gasteiger partial charge in [0.15, 0.2) is 0 Å². The number of ether oxygens (including phenoxy) is 1. The van der Waals surface area contributed by atoms with Crippen LogP contribution in [0.4, 0.5) is 5.69 Å². The maximum absolute atomic E-state index is 13.5. The first-order chi connectivity index (χ1) is 17.2. The van der Waals surface area contributed by atoms with E-state index in [4.69, 9.17) is 4.74 Å². The Hall–Kier alpha value is -3.77. The Morgan fingerprint density at radius 1 is 1.00 bits per heavy atom. The van der Waals surface area contributed by atoms with Crippen LogP contribution in [0.2, 0.25) is 0 Å². The highest BCUT2D eigenvalue weighted by molar-refractivity contribution is 5.95. The molecule has 6 heteroatoms. The summed E-state index contributed by atoms with van der Waals surface area (Å²) in [4.78, 5) is 23.7. The number of anilines is 1. The van der Waals surface area contributed by atoms with Crippen LogP contribution in [-0.4, -0.2) is 47.1 Å². The fraction of sp³-hybridized carbons (Fsp3) is 0.276. The lowest BCUT2D eigenvalue weighted by Crippen LogP contribution is -2.36. The Labute approximate surface area is 206 Å². The third kappa shape index (κ3) is 5.66. The summed E-state index contributed by atoms with van der Waals surface area (Å²) in [5, 5.41) is 5.79. The van der Waals surface area contributed by atoms with Gasteiger partial charge in [0, 0.05) is 67.0 Å². The van der Waals surface area contributed by atoms with Crippen LogP contribution in [0, 0.1) is 12.8 Å².